The monoisotopic (exact) mass is 416 g/mol. The molecule has 7 nitrogen and oxygen atoms in total. The number of carbonyl (C=O) groups excluding carboxylic acids is 1. The van der Waals surface area contributed by atoms with Gasteiger partial charge in [0.2, 0.25) is 10.0 Å². The molecule has 1 amide bonds. The molecule has 0 aliphatic carbocycles. The number of aromatic nitrogens is 2. The summed E-state index contributed by atoms with van der Waals surface area (Å²) in [6.07, 6.45) is 2.21. The van der Waals surface area contributed by atoms with Crippen LogP contribution in [0.1, 0.15) is 29.0 Å². The van der Waals surface area contributed by atoms with E-state index < -0.39 is 10.0 Å². The van der Waals surface area contributed by atoms with Crippen LogP contribution in [0.5, 0.6) is 0 Å². The van der Waals surface area contributed by atoms with Crippen molar-refractivity contribution in [1.82, 2.24) is 19.6 Å². The van der Waals surface area contributed by atoms with E-state index in [0.29, 0.717) is 48.5 Å². The van der Waals surface area contributed by atoms with Crippen molar-refractivity contribution in [2.24, 2.45) is 0 Å². The van der Waals surface area contributed by atoms with Crippen LogP contribution in [0, 0.1) is 5.82 Å². The van der Waals surface area contributed by atoms with Crippen LogP contribution in [-0.4, -0.2) is 48.2 Å². The van der Waals surface area contributed by atoms with Crippen molar-refractivity contribution in [3.8, 4) is 0 Å². The number of sulfonamides is 1. The van der Waals surface area contributed by atoms with E-state index in [0.717, 1.165) is 12.8 Å². The van der Waals surface area contributed by atoms with Crippen molar-refractivity contribution >= 4 is 27.0 Å². The average molecular weight is 416 g/mol. The average Bonchev–Trinajstić information content (AvgIpc) is 3.38. The Morgan fingerprint density at radius 1 is 1.14 bits per heavy atom. The molecule has 1 fully saturated rings. The zero-order chi connectivity index (χ0) is 20.4. The van der Waals surface area contributed by atoms with E-state index in [-0.39, 0.29) is 16.6 Å². The van der Waals surface area contributed by atoms with E-state index in [4.69, 9.17) is 0 Å². The minimum absolute atomic E-state index is 0.199. The maximum Gasteiger partial charge on any atom is 0.251 e. The topological polar surface area (TPSA) is 95.2 Å². The van der Waals surface area contributed by atoms with Crippen LogP contribution in [0.15, 0.2) is 47.4 Å². The molecule has 0 atom stereocenters. The number of nitrogens with zero attached hydrogens (tertiary/aromatic N) is 2. The summed E-state index contributed by atoms with van der Waals surface area (Å²) in [5, 5.41) is 2.78. The summed E-state index contributed by atoms with van der Waals surface area (Å²) in [4.78, 5) is 19.9. The predicted molar refractivity (Wildman–Crippen MR) is 107 cm³/mol. The fraction of sp³-hybridized carbons (Fsp3) is 0.300. The number of benzene rings is 2. The molecule has 0 spiro atoms. The number of imidazole rings is 1. The zero-order valence-electron chi connectivity index (χ0n) is 15.7. The van der Waals surface area contributed by atoms with Gasteiger partial charge in [-0.15, -0.1) is 0 Å². The van der Waals surface area contributed by atoms with Gasteiger partial charge in [-0.25, -0.2) is 17.8 Å². The molecule has 1 aromatic heterocycles. The quantitative estimate of drug-likeness (QED) is 0.645. The van der Waals surface area contributed by atoms with Crippen LogP contribution in [0.4, 0.5) is 4.39 Å². The first-order valence-corrected chi connectivity index (χ1v) is 10.9. The third-order valence-corrected chi connectivity index (χ3v) is 6.87. The molecule has 0 radical (unpaired) electrons. The maximum absolute atomic E-state index is 13.2. The molecule has 1 aliphatic rings. The van der Waals surface area contributed by atoms with E-state index in [1.807, 2.05) is 0 Å². The van der Waals surface area contributed by atoms with Crippen LogP contribution >= 0.6 is 0 Å². The molecule has 0 bridgehead atoms. The Bertz CT molecular complexity index is 1140. The van der Waals surface area contributed by atoms with Crippen LogP contribution in [0.3, 0.4) is 0 Å². The van der Waals surface area contributed by atoms with Gasteiger partial charge in [0.1, 0.15) is 11.6 Å². The van der Waals surface area contributed by atoms with Crippen molar-refractivity contribution in [3.63, 3.8) is 0 Å². The standard InChI is InChI=1S/C20H21FN4O3S/c21-15-5-8-17-18(13-15)24-19(23-17)9-10-22-20(26)14-3-6-16(7-4-14)29(27,28)25-11-1-2-12-25/h3-8,13H,1-2,9-12H2,(H,22,26)(H,23,24). The Morgan fingerprint density at radius 2 is 1.86 bits per heavy atom. The lowest BCUT2D eigenvalue weighted by atomic mass is 10.2. The number of nitrogens with one attached hydrogen (secondary N) is 2. The molecule has 0 unspecified atom stereocenters. The Balaban J connectivity index is 1.35. The maximum atomic E-state index is 13.2. The highest BCUT2D eigenvalue weighted by atomic mass is 32.2. The van der Waals surface area contributed by atoms with Crippen molar-refractivity contribution in [3.05, 3.63) is 59.7 Å². The Hall–Kier alpha value is -2.78. The number of fused-ring (bicyclic) bond motifs is 1. The van der Waals surface area contributed by atoms with Gasteiger partial charge in [-0.05, 0) is 55.3 Å². The van der Waals surface area contributed by atoms with Crippen LogP contribution in [-0.2, 0) is 16.4 Å². The number of carbonyl (C=O) groups is 1. The molecule has 1 saturated heterocycles. The molecule has 4 rings (SSSR count). The minimum atomic E-state index is -3.49. The highest BCUT2D eigenvalue weighted by Crippen LogP contribution is 2.21. The Kier molecular flexibility index (Phi) is 5.33. The third-order valence-electron chi connectivity index (χ3n) is 4.96. The molecule has 2 aromatic carbocycles. The second-order valence-electron chi connectivity index (χ2n) is 6.99. The van der Waals surface area contributed by atoms with E-state index >= 15 is 0 Å². The summed E-state index contributed by atoms with van der Waals surface area (Å²) in [5.41, 5.74) is 1.67. The SMILES string of the molecule is O=C(NCCc1nc2ccc(F)cc2[nH]1)c1ccc(S(=O)(=O)N2CCCC2)cc1. The number of rotatable bonds is 6. The molecule has 3 aromatic rings. The predicted octanol–water partition coefficient (Wildman–Crippen LogP) is 2.46. The molecule has 152 valence electrons. The normalized spacial score (nSPS) is 15.1. The number of halogens is 1. The van der Waals surface area contributed by atoms with E-state index in [1.165, 1.54) is 40.7 Å². The summed E-state index contributed by atoms with van der Waals surface area (Å²) in [6, 6.07) is 10.3. The van der Waals surface area contributed by atoms with Crippen molar-refractivity contribution < 1.29 is 17.6 Å². The Labute approximate surface area is 168 Å². The summed E-state index contributed by atoms with van der Waals surface area (Å²) in [5.74, 6) is 0.0198. The summed E-state index contributed by atoms with van der Waals surface area (Å²) >= 11 is 0. The van der Waals surface area contributed by atoms with Crippen LogP contribution < -0.4 is 5.32 Å². The van der Waals surface area contributed by atoms with Gasteiger partial charge in [0.05, 0.1) is 15.9 Å². The first kappa shape index (κ1) is 19.5. The molecule has 29 heavy (non-hydrogen) atoms. The van der Waals surface area contributed by atoms with Crippen LogP contribution in [0.25, 0.3) is 11.0 Å². The van der Waals surface area contributed by atoms with Gasteiger partial charge in [-0.3, -0.25) is 4.79 Å². The molecule has 9 heteroatoms. The molecule has 1 aliphatic heterocycles. The van der Waals surface area contributed by atoms with Gasteiger partial charge in [0.25, 0.3) is 5.91 Å². The van der Waals surface area contributed by atoms with Crippen molar-refractivity contribution in [1.29, 1.82) is 0 Å². The van der Waals surface area contributed by atoms with Crippen LogP contribution in [0.2, 0.25) is 0 Å². The largest absolute Gasteiger partial charge is 0.352 e. The third kappa shape index (κ3) is 4.15. The number of amides is 1. The molecule has 2 N–H and O–H groups in total. The molecule has 2 heterocycles. The first-order valence-electron chi connectivity index (χ1n) is 9.46. The number of H-pyrrole nitrogens is 1. The summed E-state index contributed by atoms with van der Waals surface area (Å²) < 4.78 is 39.8. The van der Waals surface area contributed by atoms with Gasteiger partial charge in [0, 0.05) is 31.6 Å². The van der Waals surface area contributed by atoms with E-state index in [9.17, 15) is 17.6 Å². The zero-order valence-corrected chi connectivity index (χ0v) is 16.5. The van der Waals surface area contributed by atoms with E-state index in [2.05, 4.69) is 15.3 Å². The van der Waals surface area contributed by atoms with Crippen molar-refractivity contribution in [2.45, 2.75) is 24.2 Å². The number of aromatic amines is 1. The lowest BCUT2D eigenvalue weighted by Gasteiger charge is -2.15. The highest BCUT2D eigenvalue weighted by Gasteiger charge is 2.27. The lowest BCUT2D eigenvalue weighted by Crippen LogP contribution is -2.28. The summed E-state index contributed by atoms with van der Waals surface area (Å²) in [6.45, 7) is 1.42. The highest BCUT2D eigenvalue weighted by molar-refractivity contribution is 7.89. The Morgan fingerprint density at radius 3 is 2.59 bits per heavy atom. The van der Waals surface area contributed by atoms with E-state index in [1.54, 1.807) is 6.07 Å². The molecular weight excluding hydrogens is 395 g/mol. The molecular formula is C20H21FN4O3S. The van der Waals surface area contributed by atoms with Gasteiger partial charge in [0.15, 0.2) is 0 Å². The second-order valence-corrected chi connectivity index (χ2v) is 8.92. The van der Waals surface area contributed by atoms with Crippen molar-refractivity contribution in [2.75, 3.05) is 19.6 Å². The summed E-state index contributed by atoms with van der Waals surface area (Å²) in [7, 11) is -3.49. The number of hydrogen-bond acceptors (Lipinski definition) is 4. The fourth-order valence-electron chi connectivity index (χ4n) is 3.41. The minimum Gasteiger partial charge on any atom is -0.352 e. The van der Waals surface area contributed by atoms with Gasteiger partial charge < -0.3 is 10.3 Å². The number of hydrogen-bond donors (Lipinski definition) is 2. The second kappa shape index (κ2) is 7.92. The lowest BCUT2D eigenvalue weighted by molar-refractivity contribution is 0.0954. The van der Waals surface area contributed by atoms with Gasteiger partial charge >= 0.3 is 0 Å². The van der Waals surface area contributed by atoms with Gasteiger partial charge in [-0.2, -0.15) is 4.31 Å². The fourth-order valence-corrected chi connectivity index (χ4v) is 4.92. The first-order chi connectivity index (χ1) is 13.9. The van der Waals surface area contributed by atoms with Gasteiger partial charge in [-0.1, -0.05) is 0 Å². The smallest absolute Gasteiger partial charge is 0.251 e. The molecule has 0 saturated carbocycles.